The van der Waals surface area contributed by atoms with E-state index >= 15 is 0 Å². The molecular formula is C25H30N4O3. The van der Waals surface area contributed by atoms with Crippen molar-refractivity contribution < 1.29 is 14.6 Å². The Bertz CT molecular complexity index is 1060. The number of nitrogens with zero attached hydrogens (tertiary/aromatic N) is 3. The minimum Gasteiger partial charge on any atom is -0.506 e. The van der Waals surface area contributed by atoms with E-state index in [1.54, 1.807) is 12.3 Å². The highest BCUT2D eigenvalue weighted by atomic mass is 16.5. The summed E-state index contributed by atoms with van der Waals surface area (Å²) >= 11 is 0. The summed E-state index contributed by atoms with van der Waals surface area (Å²) in [6.07, 6.45) is 5.28. The lowest BCUT2D eigenvalue weighted by molar-refractivity contribution is -0.125. The first-order chi connectivity index (χ1) is 15.7. The van der Waals surface area contributed by atoms with Gasteiger partial charge in [-0.3, -0.25) is 4.79 Å². The fourth-order valence-corrected chi connectivity index (χ4v) is 4.00. The molecule has 7 nitrogen and oxygen atoms in total. The van der Waals surface area contributed by atoms with Crippen LogP contribution in [-0.2, 0) is 11.3 Å². The Hall–Kier alpha value is -3.35. The molecule has 168 valence electrons. The van der Waals surface area contributed by atoms with Crippen LogP contribution in [0.2, 0.25) is 0 Å². The largest absolute Gasteiger partial charge is 0.506 e. The zero-order chi connectivity index (χ0) is 22.3. The van der Waals surface area contributed by atoms with Gasteiger partial charge in [0.2, 0.25) is 11.8 Å². The van der Waals surface area contributed by atoms with Gasteiger partial charge in [-0.15, -0.1) is 0 Å². The molecule has 1 amide bonds. The van der Waals surface area contributed by atoms with Gasteiger partial charge in [0.1, 0.15) is 17.1 Å². The van der Waals surface area contributed by atoms with Gasteiger partial charge in [0, 0.05) is 42.7 Å². The average Bonchev–Trinajstić information content (AvgIpc) is 2.83. The van der Waals surface area contributed by atoms with Crippen molar-refractivity contribution in [1.29, 1.82) is 0 Å². The maximum Gasteiger partial charge on any atom is 0.223 e. The number of aromatic nitrogens is 2. The molecule has 0 saturated carbocycles. The SMILES string of the molecule is CCCCOc1ncccc1CNC(=O)C1CCN(c2ccc3cccc(O)c3n2)CC1. The summed E-state index contributed by atoms with van der Waals surface area (Å²) in [6.45, 7) is 4.67. The normalized spacial score (nSPS) is 14.5. The second-order valence-electron chi connectivity index (χ2n) is 8.17. The zero-order valence-corrected chi connectivity index (χ0v) is 18.5. The molecule has 0 atom stereocenters. The molecule has 2 aromatic heterocycles. The van der Waals surface area contributed by atoms with Gasteiger partial charge in [-0.05, 0) is 43.5 Å². The second kappa shape index (κ2) is 10.3. The van der Waals surface area contributed by atoms with E-state index in [-0.39, 0.29) is 17.6 Å². The highest BCUT2D eigenvalue weighted by molar-refractivity contribution is 5.85. The Morgan fingerprint density at radius 1 is 1.19 bits per heavy atom. The van der Waals surface area contributed by atoms with Crippen molar-refractivity contribution in [2.45, 2.75) is 39.2 Å². The van der Waals surface area contributed by atoms with E-state index in [0.29, 0.717) is 24.5 Å². The number of phenolic OH excluding ortho intramolecular Hbond substituents is 1. The number of phenols is 1. The lowest BCUT2D eigenvalue weighted by Crippen LogP contribution is -2.40. The van der Waals surface area contributed by atoms with Crippen LogP contribution in [0.3, 0.4) is 0 Å². The summed E-state index contributed by atoms with van der Waals surface area (Å²) in [5.41, 5.74) is 1.51. The molecule has 32 heavy (non-hydrogen) atoms. The molecule has 4 rings (SSSR count). The maximum atomic E-state index is 12.8. The molecule has 3 heterocycles. The van der Waals surface area contributed by atoms with Crippen LogP contribution in [0.15, 0.2) is 48.7 Å². The summed E-state index contributed by atoms with van der Waals surface area (Å²) in [5.74, 6) is 1.66. The number of piperidine rings is 1. The average molecular weight is 435 g/mol. The first-order valence-corrected chi connectivity index (χ1v) is 11.3. The number of pyridine rings is 2. The lowest BCUT2D eigenvalue weighted by atomic mass is 9.95. The molecular weight excluding hydrogens is 404 g/mol. The van der Waals surface area contributed by atoms with Crippen molar-refractivity contribution in [2.75, 3.05) is 24.6 Å². The molecule has 0 aliphatic carbocycles. The summed E-state index contributed by atoms with van der Waals surface area (Å²) in [4.78, 5) is 23.9. The first-order valence-electron chi connectivity index (χ1n) is 11.3. The zero-order valence-electron chi connectivity index (χ0n) is 18.5. The Morgan fingerprint density at radius 2 is 2.03 bits per heavy atom. The van der Waals surface area contributed by atoms with Crippen molar-refractivity contribution >= 4 is 22.6 Å². The number of ether oxygens (including phenoxy) is 1. The van der Waals surface area contributed by atoms with Crippen LogP contribution in [0.4, 0.5) is 5.82 Å². The summed E-state index contributed by atoms with van der Waals surface area (Å²) in [7, 11) is 0. The van der Waals surface area contributed by atoms with E-state index in [0.717, 1.165) is 55.5 Å². The van der Waals surface area contributed by atoms with Gasteiger partial charge in [-0.1, -0.05) is 31.5 Å². The fraction of sp³-hybridized carbons (Fsp3) is 0.400. The lowest BCUT2D eigenvalue weighted by Gasteiger charge is -2.32. The fourth-order valence-electron chi connectivity index (χ4n) is 4.00. The van der Waals surface area contributed by atoms with Gasteiger partial charge < -0.3 is 20.1 Å². The Morgan fingerprint density at radius 3 is 2.84 bits per heavy atom. The van der Waals surface area contributed by atoms with Crippen molar-refractivity contribution in [1.82, 2.24) is 15.3 Å². The van der Waals surface area contributed by atoms with Gasteiger partial charge in [0.05, 0.1) is 6.61 Å². The molecule has 1 fully saturated rings. The van der Waals surface area contributed by atoms with Gasteiger partial charge in [-0.25, -0.2) is 9.97 Å². The molecule has 3 aromatic rings. The molecule has 7 heteroatoms. The molecule has 1 saturated heterocycles. The number of fused-ring (bicyclic) bond motifs is 1. The van der Waals surface area contributed by atoms with E-state index in [2.05, 4.69) is 27.1 Å². The molecule has 0 bridgehead atoms. The van der Waals surface area contributed by atoms with Crippen LogP contribution in [0.25, 0.3) is 10.9 Å². The molecule has 0 radical (unpaired) electrons. The number of carbonyl (C=O) groups excluding carboxylic acids is 1. The minimum absolute atomic E-state index is 0.0266. The van der Waals surface area contributed by atoms with E-state index in [9.17, 15) is 9.90 Å². The van der Waals surface area contributed by atoms with Gasteiger partial charge in [0.15, 0.2) is 0 Å². The third-order valence-electron chi connectivity index (χ3n) is 5.91. The second-order valence-corrected chi connectivity index (χ2v) is 8.17. The smallest absolute Gasteiger partial charge is 0.223 e. The Labute approximate surface area is 188 Å². The van der Waals surface area contributed by atoms with Gasteiger partial charge in [-0.2, -0.15) is 0 Å². The predicted molar refractivity (Wildman–Crippen MR) is 125 cm³/mol. The summed E-state index contributed by atoms with van der Waals surface area (Å²) in [5, 5.41) is 14.1. The standard InChI is InChI=1S/C25H30N4O3/c1-2-3-16-32-25-20(7-5-13-26-25)17-27-24(31)19-11-14-29(15-12-19)22-10-9-18-6-4-8-21(30)23(18)28-22/h4-10,13,19,30H,2-3,11-12,14-17H2,1H3,(H,27,31). The number of para-hydroxylation sites is 1. The van der Waals surface area contributed by atoms with Crippen LogP contribution >= 0.6 is 0 Å². The third kappa shape index (κ3) is 5.10. The number of benzene rings is 1. The van der Waals surface area contributed by atoms with E-state index in [4.69, 9.17) is 4.74 Å². The van der Waals surface area contributed by atoms with Crippen LogP contribution in [0.1, 0.15) is 38.2 Å². The number of hydrogen-bond acceptors (Lipinski definition) is 6. The van der Waals surface area contributed by atoms with Crippen LogP contribution in [0.5, 0.6) is 11.6 Å². The first kappa shape index (κ1) is 21.9. The number of carbonyl (C=O) groups is 1. The van der Waals surface area contributed by atoms with Crippen molar-refractivity contribution in [3.05, 3.63) is 54.2 Å². The van der Waals surface area contributed by atoms with E-state index < -0.39 is 0 Å². The number of amides is 1. The van der Waals surface area contributed by atoms with Crippen LogP contribution in [-0.4, -0.2) is 40.7 Å². The van der Waals surface area contributed by atoms with E-state index in [1.165, 1.54) is 0 Å². The van der Waals surface area contributed by atoms with Gasteiger partial charge >= 0.3 is 0 Å². The minimum atomic E-state index is -0.0266. The van der Waals surface area contributed by atoms with Gasteiger partial charge in [0.25, 0.3) is 0 Å². The quantitative estimate of drug-likeness (QED) is 0.520. The molecule has 2 N–H and O–H groups in total. The van der Waals surface area contributed by atoms with Crippen LogP contribution < -0.4 is 15.0 Å². The van der Waals surface area contributed by atoms with Crippen molar-refractivity contribution in [3.8, 4) is 11.6 Å². The number of hydrogen-bond donors (Lipinski definition) is 2. The Kier molecular flexibility index (Phi) is 7.04. The monoisotopic (exact) mass is 434 g/mol. The van der Waals surface area contributed by atoms with Crippen molar-refractivity contribution in [3.63, 3.8) is 0 Å². The van der Waals surface area contributed by atoms with Crippen LogP contribution in [0, 0.1) is 5.92 Å². The molecule has 1 aliphatic heterocycles. The van der Waals surface area contributed by atoms with Crippen molar-refractivity contribution in [2.24, 2.45) is 5.92 Å². The maximum absolute atomic E-state index is 12.8. The number of aromatic hydroxyl groups is 1. The number of anilines is 1. The molecule has 1 aliphatic rings. The topological polar surface area (TPSA) is 87.6 Å². The summed E-state index contributed by atoms with van der Waals surface area (Å²) in [6, 6.07) is 13.2. The number of rotatable bonds is 8. The predicted octanol–water partition coefficient (Wildman–Crippen LogP) is 4.05. The number of nitrogens with one attached hydrogen (secondary N) is 1. The third-order valence-corrected chi connectivity index (χ3v) is 5.91. The molecule has 0 unspecified atom stereocenters. The molecule has 1 aromatic carbocycles. The highest BCUT2D eigenvalue weighted by Gasteiger charge is 2.26. The highest BCUT2D eigenvalue weighted by Crippen LogP contribution is 2.28. The van der Waals surface area contributed by atoms with E-state index in [1.807, 2.05) is 36.4 Å². The number of unbranched alkanes of at least 4 members (excludes halogenated alkanes) is 1. The Balaban J connectivity index is 1.31. The molecule has 0 spiro atoms. The summed E-state index contributed by atoms with van der Waals surface area (Å²) < 4.78 is 5.76.